The Balaban J connectivity index is 1.57. The molecule has 0 fully saturated rings. The number of methoxy groups -OCH3 is 1. The number of nitrogens with zero attached hydrogens (tertiary/aromatic N) is 6. The van der Waals surface area contributed by atoms with E-state index in [1.807, 2.05) is 30.3 Å². The van der Waals surface area contributed by atoms with E-state index in [1.54, 1.807) is 23.1 Å². The maximum Gasteiger partial charge on any atom is 0.251 e. The van der Waals surface area contributed by atoms with Gasteiger partial charge in [0, 0.05) is 18.8 Å². The van der Waals surface area contributed by atoms with Crippen molar-refractivity contribution in [2.75, 3.05) is 7.11 Å². The second-order valence-corrected chi connectivity index (χ2v) is 7.31. The molecule has 0 spiro atoms. The van der Waals surface area contributed by atoms with Crippen molar-refractivity contribution >= 4 is 11.5 Å². The zero-order valence-corrected chi connectivity index (χ0v) is 17.5. The summed E-state index contributed by atoms with van der Waals surface area (Å²) < 4.78 is 36.5. The Kier molecular flexibility index (Phi) is 5.17. The lowest BCUT2D eigenvalue weighted by Gasteiger charge is -2.17. The summed E-state index contributed by atoms with van der Waals surface area (Å²) in [6, 6.07) is 11.1. The smallest absolute Gasteiger partial charge is 0.251 e. The minimum absolute atomic E-state index is 0.117. The molecule has 0 unspecified atom stereocenters. The van der Waals surface area contributed by atoms with Crippen molar-refractivity contribution in [1.29, 1.82) is 0 Å². The predicted octanol–water partition coefficient (Wildman–Crippen LogP) is 3.72. The van der Waals surface area contributed by atoms with Crippen molar-refractivity contribution in [2.45, 2.75) is 12.8 Å². The van der Waals surface area contributed by atoms with E-state index >= 15 is 0 Å². The first-order chi connectivity index (χ1) is 16.0. The van der Waals surface area contributed by atoms with Crippen LogP contribution in [-0.4, -0.2) is 37.1 Å². The first-order valence-corrected chi connectivity index (χ1v) is 10.1. The molecule has 33 heavy (non-hydrogen) atoms. The van der Waals surface area contributed by atoms with Gasteiger partial charge in [0.2, 0.25) is 0 Å². The Bertz CT molecular complexity index is 1430. The molecule has 8 nitrogen and oxygen atoms in total. The van der Waals surface area contributed by atoms with E-state index < -0.39 is 11.6 Å². The molecule has 1 aliphatic rings. The molecule has 0 amide bonds. The summed E-state index contributed by atoms with van der Waals surface area (Å²) in [5.74, 6) is -1.25. The van der Waals surface area contributed by atoms with E-state index in [1.165, 1.54) is 22.6 Å². The summed E-state index contributed by atoms with van der Waals surface area (Å²) in [6.45, 7) is 0. The fraction of sp³-hybridized carbons (Fsp3) is 0.130. The topological polar surface area (TPSA) is 79.2 Å². The molecule has 0 radical (unpaired) electrons. The largest absolute Gasteiger partial charge is 0.491 e. The number of benzene rings is 1. The molecule has 0 atom stereocenters. The van der Waals surface area contributed by atoms with Gasteiger partial charge >= 0.3 is 0 Å². The summed E-state index contributed by atoms with van der Waals surface area (Å²) in [4.78, 5) is 17.4. The molecule has 0 saturated heterocycles. The molecule has 0 aliphatic carbocycles. The number of aromatic nitrogens is 5. The summed E-state index contributed by atoms with van der Waals surface area (Å²) >= 11 is 0. The van der Waals surface area contributed by atoms with Crippen LogP contribution in [0.4, 0.5) is 8.78 Å². The molecular formula is C23H18F2N6O2. The molecule has 3 aromatic heterocycles. The number of para-hydroxylation sites is 1. The third-order valence-electron chi connectivity index (χ3n) is 5.28. The summed E-state index contributed by atoms with van der Waals surface area (Å²) in [5, 5.41) is 8.89. The molecule has 5 rings (SSSR count). The van der Waals surface area contributed by atoms with E-state index in [0.717, 1.165) is 18.1 Å². The van der Waals surface area contributed by atoms with Crippen molar-refractivity contribution in [1.82, 2.24) is 24.1 Å². The molecule has 10 heteroatoms. The van der Waals surface area contributed by atoms with Gasteiger partial charge in [0.25, 0.3) is 5.43 Å². The van der Waals surface area contributed by atoms with Crippen LogP contribution < -0.4 is 10.2 Å². The van der Waals surface area contributed by atoms with Crippen LogP contribution in [0, 0.1) is 11.6 Å². The van der Waals surface area contributed by atoms with Crippen LogP contribution in [0.1, 0.15) is 12.8 Å². The molecular weight excluding hydrogens is 430 g/mol. The van der Waals surface area contributed by atoms with Crippen LogP contribution in [0.2, 0.25) is 0 Å². The quantitative estimate of drug-likeness (QED) is 0.477. The normalized spacial score (nSPS) is 13.5. The van der Waals surface area contributed by atoms with Gasteiger partial charge in [-0.3, -0.25) is 4.79 Å². The zero-order valence-electron chi connectivity index (χ0n) is 17.5. The molecule has 4 aromatic rings. The number of allylic oxidation sites excluding steroid dienone is 1. The number of aliphatic imine (C=N–C) groups is 1. The molecule has 0 bridgehead atoms. The second-order valence-electron chi connectivity index (χ2n) is 7.31. The predicted molar refractivity (Wildman–Crippen MR) is 118 cm³/mol. The standard InChI is InChI=1S/C23H18F2N6O2/c1-33-20-14-30(16-7-8-21(26-11-16)29-12-17(24)18(25)13-29)28-22(23(20)32)19-9-10-27-31(19)15-5-3-2-4-6-15/h2-6,9-14H,7-8H2,1H3. The first kappa shape index (κ1) is 20.6. The summed E-state index contributed by atoms with van der Waals surface area (Å²) in [7, 11) is 1.42. The summed E-state index contributed by atoms with van der Waals surface area (Å²) in [6.07, 6.45) is 7.66. The van der Waals surface area contributed by atoms with Gasteiger partial charge in [-0.2, -0.15) is 10.2 Å². The van der Waals surface area contributed by atoms with Crippen molar-refractivity contribution in [2.24, 2.45) is 4.99 Å². The van der Waals surface area contributed by atoms with Crippen LogP contribution >= 0.6 is 0 Å². The zero-order chi connectivity index (χ0) is 22.9. The SMILES string of the molecule is COc1cn(C2=CN=C(n3cc(F)c(F)c3)CC2)nc(-c2ccnn2-c2ccccc2)c1=O. The lowest BCUT2D eigenvalue weighted by atomic mass is 10.2. The minimum atomic E-state index is -0.932. The van der Waals surface area contributed by atoms with Crippen LogP contribution in [-0.2, 0) is 0 Å². The minimum Gasteiger partial charge on any atom is -0.491 e. The molecule has 4 heterocycles. The van der Waals surface area contributed by atoms with Gasteiger partial charge in [0.1, 0.15) is 5.84 Å². The van der Waals surface area contributed by atoms with Gasteiger partial charge in [0.05, 0.1) is 42.8 Å². The Hall–Kier alpha value is -4.34. The van der Waals surface area contributed by atoms with Crippen molar-refractivity contribution in [3.05, 3.63) is 89.2 Å². The number of rotatable bonds is 4. The van der Waals surface area contributed by atoms with Crippen LogP contribution in [0.25, 0.3) is 22.8 Å². The Morgan fingerprint density at radius 1 is 1.00 bits per heavy atom. The highest BCUT2D eigenvalue weighted by molar-refractivity contribution is 5.87. The highest BCUT2D eigenvalue weighted by atomic mass is 19.2. The molecule has 0 N–H and O–H groups in total. The number of ether oxygens (including phenoxy) is 1. The molecule has 166 valence electrons. The number of hydrogen-bond donors (Lipinski definition) is 0. The fourth-order valence-corrected chi connectivity index (χ4v) is 3.63. The Morgan fingerprint density at radius 2 is 1.76 bits per heavy atom. The molecule has 1 aromatic carbocycles. The van der Waals surface area contributed by atoms with Crippen molar-refractivity contribution < 1.29 is 13.5 Å². The van der Waals surface area contributed by atoms with Crippen LogP contribution in [0.5, 0.6) is 5.75 Å². The number of halogens is 2. The average molecular weight is 448 g/mol. The highest BCUT2D eigenvalue weighted by Gasteiger charge is 2.20. The molecule has 0 saturated carbocycles. The van der Waals surface area contributed by atoms with E-state index in [4.69, 9.17) is 4.74 Å². The third kappa shape index (κ3) is 3.75. The van der Waals surface area contributed by atoms with Crippen LogP contribution in [0.15, 0.2) is 77.2 Å². The van der Waals surface area contributed by atoms with Gasteiger partial charge < -0.3 is 9.30 Å². The lowest BCUT2D eigenvalue weighted by molar-refractivity contribution is 0.405. The molecule has 1 aliphatic heterocycles. The van der Waals surface area contributed by atoms with Crippen molar-refractivity contribution in [3.63, 3.8) is 0 Å². The maximum absolute atomic E-state index is 13.4. The van der Waals surface area contributed by atoms with Gasteiger partial charge in [-0.1, -0.05) is 18.2 Å². The fourth-order valence-electron chi connectivity index (χ4n) is 3.63. The second kappa shape index (κ2) is 8.30. The lowest BCUT2D eigenvalue weighted by Crippen LogP contribution is -2.20. The third-order valence-corrected chi connectivity index (χ3v) is 5.28. The average Bonchev–Trinajstić information content (AvgIpc) is 3.47. The van der Waals surface area contributed by atoms with Crippen molar-refractivity contribution in [3.8, 4) is 22.8 Å². The van der Waals surface area contributed by atoms with Gasteiger partial charge in [0.15, 0.2) is 23.1 Å². The van der Waals surface area contributed by atoms with Gasteiger partial charge in [-0.05, 0) is 24.6 Å². The summed E-state index contributed by atoms with van der Waals surface area (Å²) in [5.41, 5.74) is 1.78. The van der Waals surface area contributed by atoms with Crippen LogP contribution in [0.3, 0.4) is 0 Å². The monoisotopic (exact) mass is 448 g/mol. The highest BCUT2D eigenvalue weighted by Crippen LogP contribution is 2.24. The van der Waals surface area contributed by atoms with Gasteiger partial charge in [-0.25, -0.2) is 23.1 Å². The first-order valence-electron chi connectivity index (χ1n) is 10.1. The number of hydrogen-bond acceptors (Lipinski definition) is 5. The van der Waals surface area contributed by atoms with E-state index in [2.05, 4.69) is 15.2 Å². The van der Waals surface area contributed by atoms with E-state index in [-0.39, 0.29) is 16.9 Å². The van der Waals surface area contributed by atoms with E-state index in [0.29, 0.717) is 30.1 Å². The van der Waals surface area contributed by atoms with Gasteiger partial charge in [-0.15, -0.1) is 0 Å². The Morgan fingerprint density at radius 3 is 2.42 bits per heavy atom. The Labute approximate surface area is 186 Å². The van der Waals surface area contributed by atoms with E-state index in [9.17, 15) is 13.6 Å². The maximum atomic E-state index is 13.4.